The summed E-state index contributed by atoms with van der Waals surface area (Å²) < 4.78 is 14.6. The monoisotopic (exact) mass is 520 g/mol. The predicted molar refractivity (Wildman–Crippen MR) is 162 cm³/mol. The molecule has 2 nitrogen and oxygen atoms in total. The van der Waals surface area contributed by atoms with E-state index >= 15 is 0 Å². The van der Waals surface area contributed by atoms with Crippen molar-refractivity contribution >= 4 is 33.5 Å². The van der Waals surface area contributed by atoms with Crippen LogP contribution in [0, 0.1) is 5.82 Å². The molecule has 1 aromatic heterocycles. The molecule has 0 saturated heterocycles. The van der Waals surface area contributed by atoms with E-state index in [0.717, 1.165) is 43.2 Å². The Morgan fingerprint density at radius 1 is 0.737 bits per heavy atom. The Balaban J connectivity index is 1.56. The lowest BCUT2D eigenvalue weighted by Crippen LogP contribution is -2.17. The number of fused-ring (bicyclic) bond motifs is 1. The van der Waals surface area contributed by atoms with Crippen LogP contribution in [0.2, 0.25) is 0 Å². The zero-order chi connectivity index (χ0) is 27.1. The topological polar surface area (TPSA) is 25.2 Å². The van der Waals surface area contributed by atoms with Crippen LogP contribution in [0.4, 0.5) is 10.1 Å². The third-order valence-corrected chi connectivity index (χ3v) is 7.80. The van der Waals surface area contributed by atoms with Crippen LogP contribution in [0.15, 0.2) is 89.9 Å². The second-order valence-electron chi connectivity index (χ2n) is 11.8. The first-order valence-electron chi connectivity index (χ1n) is 12.9. The van der Waals surface area contributed by atoms with Crippen molar-refractivity contribution in [2.24, 2.45) is 4.99 Å². The van der Waals surface area contributed by atoms with Gasteiger partial charge in [0.25, 0.3) is 0 Å². The summed E-state index contributed by atoms with van der Waals surface area (Å²) in [7, 11) is 0. The lowest BCUT2D eigenvalue weighted by atomic mass is 9.79. The van der Waals surface area contributed by atoms with Crippen LogP contribution in [0.1, 0.15) is 58.2 Å². The van der Waals surface area contributed by atoms with Gasteiger partial charge in [0.15, 0.2) is 0 Å². The molecule has 0 amide bonds. The zero-order valence-electron chi connectivity index (χ0n) is 22.8. The minimum Gasteiger partial charge on any atom is -0.256 e. The predicted octanol–water partition coefficient (Wildman–Crippen LogP) is 10.1. The summed E-state index contributed by atoms with van der Waals surface area (Å²) in [5.74, 6) is -0.241. The van der Waals surface area contributed by atoms with Crippen molar-refractivity contribution < 1.29 is 4.39 Å². The Morgan fingerprint density at radius 3 is 2.03 bits per heavy atom. The van der Waals surface area contributed by atoms with Crippen LogP contribution in [-0.2, 0) is 10.8 Å². The van der Waals surface area contributed by atoms with Crippen LogP contribution >= 0.6 is 11.3 Å². The van der Waals surface area contributed by atoms with E-state index in [0.29, 0.717) is 0 Å². The molecule has 5 rings (SSSR count). The van der Waals surface area contributed by atoms with Gasteiger partial charge in [0.1, 0.15) is 10.8 Å². The van der Waals surface area contributed by atoms with Gasteiger partial charge < -0.3 is 0 Å². The summed E-state index contributed by atoms with van der Waals surface area (Å²) in [6, 6.07) is 27.7. The number of thiazole rings is 1. The minimum absolute atomic E-state index is 0.0466. The number of aromatic nitrogens is 1. The molecule has 0 aliphatic carbocycles. The maximum Gasteiger partial charge on any atom is 0.126 e. The molecular formula is C34H33FN2S. The third-order valence-electron chi connectivity index (χ3n) is 6.75. The molecule has 5 aromatic rings. The van der Waals surface area contributed by atoms with E-state index in [9.17, 15) is 4.39 Å². The number of para-hydroxylation sites is 2. The summed E-state index contributed by atoms with van der Waals surface area (Å²) in [4.78, 5) is 10.0. The Hall–Kier alpha value is -3.63. The van der Waals surface area contributed by atoms with E-state index in [1.54, 1.807) is 23.5 Å². The molecule has 4 heteroatoms. The number of benzene rings is 4. The van der Waals surface area contributed by atoms with E-state index in [4.69, 9.17) is 9.98 Å². The lowest BCUT2D eigenvalue weighted by Gasteiger charge is -2.25. The Bertz CT molecular complexity index is 1600. The van der Waals surface area contributed by atoms with Crippen molar-refractivity contribution in [2.75, 3.05) is 0 Å². The van der Waals surface area contributed by atoms with Gasteiger partial charge in [-0.05, 0) is 75.5 Å². The number of nitrogens with zero attached hydrogens (tertiary/aromatic N) is 2. The largest absolute Gasteiger partial charge is 0.256 e. The Kier molecular flexibility index (Phi) is 6.79. The van der Waals surface area contributed by atoms with Crippen LogP contribution < -0.4 is 0 Å². The van der Waals surface area contributed by atoms with E-state index in [1.165, 1.54) is 23.3 Å². The van der Waals surface area contributed by atoms with Crippen molar-refractivity contribution in [1.82, 2.24) is 4.98 Å². The summed E-state index contributed by atoms with van der Waals surface area (Å²) in [5, 5.41) is 0.918. The molecule has 0 spiro atoms. The maximum absolute atomic E-state index is 13.5. The van der Waals surface area contributed by atoms with Crippen LogP contribution in [0.3, 0.4) is 0 Å². The second-order valence-corrected chi connectivity index (χ2v) is 12.8. The van der Waals surface area contributed by atoms with E-state index in [-0.39, 0.29) is 16.6 Å². The smallest absolute Gasteiger partial charge is 0.126 e. The molecular weight excluding hydrogens is 487 g/mol. The summed E-state index contributed by atoms with van der Waals surface area (Å²) in [6.07, 6.45) is 1.97. The van der Waals surface area contributed by atoms with Gasteiger partial charge in [-0.1, -0.05) is 84.0 Å². The number of halogens is 1. The Labute approximate surface area is 228 Å². The Morgan fingerprint density at radius 2 is 1.37 bits per heavy atom. The van der Waals surface area contributed by atoms with Gasteiger partial charge >= 0.3 is 0 Å². The molecule has 0 atom stereocenters. The summed E-state index contributed by atoms with van der Waals surface area (Å²) >= 11 is 1.65. The van der Waals surface area contributed by atoms with Crippen LogP contribution in [-0.4, -0.2) is 11.2 Å². The van der Waals surface area contributed by atoms with Crippen LogP contribution in [0.25, 0.3) is 31.9 Å². The highest BCUT2D eigenvalue weighted by atomic mass is 32.1. The molecule has 0 unspecified atom stereocenters. The first-order valence-corrected chi connectivity index (χ1v) is 13.8. The summed E-state index contributed by atoms with van der Waals surface area (Å²) in [5.41, 5.74) is 8.55. The van der Waals surface area contributed by atoms with E-state index in [1.807, 2.05) is 36.5 Å². The molecule has 38 heavy (non-hydrogen) atoms. The van der Waals surface area contributed by atoms with Crippen LogP contribution in [0.5, 0.6) is 0 Å². The van der Waals surface area contributed by atoms with Gasteiger partial charge in [0.2, 0.25) is 0 Å². The summed E-state index contributed by atoms with van der Waals surface area (Å²) in [6.45, 7) is 13.5. The molecule has 4 aromatic carbocycles. The second kappa shape index (κ2) is 9.92. The molecule has 0 fully saturated rings. The number of aliphatic imine (C=N–C) groups is 1. The van der Waals surface area contributed by atoms with Crippen molar-refractivity contribution in [2.45, 2.75) is 52.4 Å². The highest BCUT2D eigenvalue weighted by molar-refractivity contribution is 7.21. The van der Waals surface area contributed by atoms with Gasteiger partial charge in [-0.15, -0.1) is 11.3 Å². The average molecular weight is 521 g/mol. The maximum atomic E-state index is 13.5. The standard InChI is InChI=1S/C34H33FN2S/c1-33(2,3)24-18-22(19-25(20-24)34(4,5)6)21-36-29-12-8-7-10-28(29)32-37-31-27(11-9-13-30(31)38-32)23-14-16-26(35)17-15-23/h7-21H,1-6H3. The highest BCUT2D eigenvalue weighted by Gasteiger charge is 2.20. The average Bonchev–Trinajstić information content (AvgIpc) is 3.31. The van der Waals surface area contributed by atoms with Gasteiger partial charge in [-0.2, -0.15) is 0 Å². The molecule has 0 aliphatic rings. The first kappa shape index (κ1) is 26.0. The van der Waals surface area contributed by atoms with Crippen molar-refractivity contribution in [1.29, 1.82) is 0 Å². The fourth-order valence-electron chi connectivity index (χ4n) is 4.43. The zero-order valence-corrected chi connectivity index (χ0v) is 23.7. The minimum atomic E-state index is -0.241. The third kappa shape index (κ3) is 5.46. The molecule has 1 heterocycles. The molecule has 0 N–H and O–H groups in total. The quantitative estimate of drug-likeness (QED) is 0.216. The normalized spacial score (nSPS) is 12.5. The molecule has 0 radical (unpaired) electrons. The lowest BCUT2D eigenvalue weighted by molar-refractivity contribution is 0.568. The van der Waals surface area contributed by atoms with Gasteiger partial charge in [-0.25, -0.2) is 9.37 Å². The molecule has 0 saturated carbocycles. The van der Waals surface area contributed by atoms with Gasteiger partial charge in [0.05, 0.1) is 15.9 Å². The van der Waals surface area contributed by atoms with Crippen molar-refractivity contribution in [3.8, 4) is 21.7 Å². The fraction of sp³-hybridized carbons (Fsp3) is 0.235. The first-order chi connectivity index (χ1) is 18.0. The molecule has 0 bridgehead atoms. The van der Waals surface area contributed by atoms with Crippen molar-refractivity contribution in [3.05, 3.63) is 107 Å². The van der Waals surface area contributed by atoms with Gasteiger partial charge in [-0.3, -0.25) is 4.99 Å². The van der Waals surface area contributed by atoms with Gasteiger partial charge in [0, 0.05) is 17.3 Å². The van der Waals surface area contributed by atoms with E-state index < -0.39 is 0 Å². The fourth-order valence-corrected chi connectivity index (χ4v) is 5.46. The van der Waals surface area contributed by atoms with Crippen molar-refractivity contribution in [3.63, 3.8) is 0 Å². The number of hydrogen-bond acceptors (Lipinski definition) is 3. The highest BCUT2D eigenvalue weighted by Crippen LogP contribution is 2.39. The number of rotatable bonds is 4. The van der Waals surface area contributed by atoms with E-state index in [2.05, 4.69) is 71.9 Å². The number of hydrogen-bond donors (Lipinski definition) is 0. The molecule has 0 aliphatic heterocycles. The molecule has 192 valence electrons. The SMILES string of the molecule is CC(C)(C)c1cc(C=Nc2ccccc2-c2nc3c(-c4ccc(F)cc4)cccc3s2)cc(C(C)(C)C)c1.